The smallest absolute Gasteiger partial charge is 0.139 e. The van der Waals surface area contributed by atoms with E-state index in [9.17, 15) is 4.79 Å². The predicted molar refractivity (Wildman–Crippen MR) is 50.7 cm³/mol. The quantitative estimate of drug-likeness (QED) is 0.584. The third-order valence-electron chi connectivity index (χ3n) is 2.67. The third kappa shape index (κ3) is 2.56. The summed E-state index contributed by atoms with van der Waals surface area (Å²) in [7, 11) is 2.53. The number of rotatable bonds is 2. The largest absolute Gasteiger partial charge is 0.299 e. The third-order valence-corrected chi connectivity index (χ3v) is 3.07. The lowest BCUT2D eigenvalue weighted by Gasteiger charge is -2.24. The molecule has 0 aromatic carbocycles. The van der Waals surface area contributed by atoms with E-state index in [2.05, 4.69) is 16.2 Å². The van der Waals surface area contributed by atoms with Crippen LogP contribution in [0.1, 0.15) is 32.6 Å². The summed E-state index contributed by atoms with van der Waals surface area (Å²) in [5.41, 5.74) is 0. The molecule has 0 aromatic heterocycles. The van der Waals surface area contributed by atoms with Crippen LogP contribution in [0.2, 0.25) is 0 Å². The highest BCUT2D eigenvalue weighted by atomic mass is 31.0. The Balaban J connectivity index is 2.33. The Morgan fingerprint density at radius 1 is 1.36 bits per heavy atom. The van der Waals surface area contributed by atoms with Crippen molar-refractivity contribution >= 4 is 15.0 Å². The Bertz CT molecular complexity index is 136. The van der Waals surface area contributed by atoms with Gasteiger partial charge in [0.15, 0.2) is 0 Å². The van der Waals surface area contributed by atoms with Gasteiger partial charge < -0.3 is 0 Å². The van der Waals surface area contributed by atoms with Gasteiger partial charge in [0.1, 0.15) is 5.78 Å². The fraction of sp³-hybridized carbons (Fsp3) is 0.889. The number of carbonyl (C=O) groups is 1. The molecule has 0 amide bonds. The minimum Gasteiger partial charge on any atom is -0.299 e. The molecule has 0 bridgehead atoms. The first kappa shape index (κ1) is 9.19. The molecule has 64 valence electrons. The van der Waals surface area contributed by atoms with Gasteiger partial charge in [0.25, 0.3) is 0 Å². The molecule has 1 fully saturated rings. The lowest BCUT2D eigenvalue weighted by molar-refractivity contribution is -0.121. The van der Waals surface area contributed by atoms with Crippen molar-refractivity contribution in [1.29, 1.82) is 0 Å². The van der Waals surface area contributed by atoms with Crippen LogP contribution < -0.4 is 0 Å². The maximum absolute atomic E-state index is 11.3. The highest BCUT2D eigenvalue weighted by Crippen LogP contribution is 2.28. The summed E-state index contributed by atoms with van der Waals surface area (Å²) >= 11 is 0. The van der Waals surface area contributed by atoms with Gasteiger partial charge in [-0.15, -0.1) is 9.24 Å². The van der Waals surface area contributed by atoms with Gasteiger partial charge in [0.05, 0.1) is 0 Å². The fourth-order valence-corrected chi connectivity index (χ4v) is 2.08. The number of ketones is 1. The summed E-state index contributed by atoms with van der Waals surface area (Å²) in [5.74, 6) is 1.69. The van der Waals surface area contributed by atoms with Crippen LogP contribution in [0.15, 0.2) is 0 Å². The van der Waals surface area contributed by atoms with E-state index in [1.807, 2.05) is 0 Å². The zero-order chi connectivity index (χ0) is 8.27. The summed E-state index contributed by atoms with van der Waals surface area (Å²) in [6, 6.07) is 0. The second kappa shape index (κ2) is 4.21. The van der Waals surface area contributed by atoms with Gasteiger partial charge in [-0.2, -0.15) is 0 Å². The van der Waals surface area contributed by atoms with Crippen molar-refractivity contribution in [2.24, 2.45) is 11.8 Å². The highest BCUT2D eigenvalue weighted by molar-refractivity contribution is 7.18. The van der Waals surface area contributed by atoms with Crippen molar-refractivity contribution in [2.45, 2.75) is 32.6 Å². The monoisotopic (exact) mass is 172 g/mol. The van der Waals surface area contributed by atoms with E-state index in [0.717, 1.165) is 18.8 Å². The molecule has 0 spiro atoms. The Morgan fingerprint density at radius 2 is 1.91 bits per heavy atom. The van der Waals surface area contributed by atoms with Crippen LogP contribution in [0.3, 0.4) is 0 Å². The van der Waals surface area contributed by atoms with E-state index in [1.165, 1.54) is 12.8 Å². The van der Waals surface area contributed by atoms with Crippen LogP contribution in [-0.2, 0) is 4.79 Å². The maximum atomic E-state index is 11.3. The molecule has 0 aliphatic heterocycles. The van der Waals surface area contributed by atoms with Gasteiger partial charge in [-0.05, 0) is 18.8 Å². The van der Waals surface area contributed by atoms with Gasteiger partial charge in [-0.25, -0.2) is 0 Å². The summed E-state index contributed by atoms with van der Waals surface area (Å²) < 4.78 is 0. The average Bonchev–Trinajstić information content (AvgIpc) is 2.05. The Kier molecular flexibility index (Phi) is 3.51. The van der Waals surface area contributed by atoms with Crippen LogP contribution in [0.25, 0.3) is 0 Å². The molecule has 0 aromatic rings. The summed E-state index contributed by atoms with van der Waals surface area (Å²) in [5, 5.41) is 0. The van der Waals surface area contributed by atoms with Crippen molar-refractivity contribution in [3.63, 3.8) is 0 Å². The molecule has 0 N–H and O–H groups in total. The molecular weight excluding hydrogens is 155 g/mol. The van der Waals surface area contributed by atoms with Crippen molar-refractivity contribution in [2.75, 3.05) is 6.16 Å². The zero-order valence-corrected chi connectivity index (χ0v) is 8.33. The average molecular weight is 172 g/mol. The van der Waals surface area contributed by atoms with E-state index < -0.39 is 0 Å². The van der Waals surface area contributed by atoms with E-state index in [4.69, 9.17) is 0 Å². The van der Waals surface area contributed by atoms with Crippen LogP contribution >= 0.6 is 9.24 Å². The second-order valence-electron chi connectivity index (χ2n) is 3.63. The topological polar surface area (TPSA) is 17.1 Å². The first-order chi connectivity index (χ1) is 5.24. The van der Waals surface area contributed by atoms with Crippen molar-refractivity contribution in [3.05, 3.63) is 0 Å². The van der Waals surface area contributed by atoms with Crippen molar-refractivity contribution in [3.8, 4) is 0 Å². The normalized spacial score (nSPS) is 31.8. The van der Waals surface area contributed by atoms with Crippen molar-refractivity contribution < 1.29 is 4.79 Å². The number of hydrogen-bond donors (Lipinski definition) is 0. The van der Waals surface area contributed by atoms with E-state index in [1.54, 1.807) is 0 Å². The number of hydrogen-bond acceptors (Lipinski definition) is 1. The van der Waals surface area contributed by atoms with Crippen LogP contribution in [0, 0.1) is 11.8 Å². The zero-order valence-electron chi connectivity index (χ0n) is 7.18. The Labute approximate surface area is 71.1 Å². The lowest BCUT2D eigenvalue weighted by atomic mass is 9.81. The van der Waals surface area contributed by atoms with Gasteiger partial charge in [-0.3, -0.25) is 4.79 Å². The Morgan fingerprint density at radius 3 is 2.36 bits per heavy atom. The summed E-state index contributed by atoms with van der Waals surface area (Å²) in [6.45, 7) is 2.28. The van der Waals surface area contributed by atoms with E-state index >= 15 is 0 Å². The first-order valence-corrected chi connectivity index (χ1v) is 5.28. The molecule has 0 saturated heterocycles. The molecule has 1 aliphatic carbocycles. The molecule has 1 saturated carbocycles. The molecule has 1 nitrogen and oxygen atoms in total. The molecule has 1 rings (SSSR count). The predicted octanol–water partition coefficient (Wildman–Crippen LogP) is 2.26. The molecule has 1 unspecified atom stereocenters. The highest BCUT2D eigenvalue weighted by Gasteiger charge is 2.22. The number of Topliss-reactive ketones (excluding diaryl/α,β-unsaturated/α-hetero) is 1. The maximum Gasteiger partial charge on any atom is 0.139 e. The van der Waals surface area contributed by atoms with Gasteiger partial charge in [-0.1, -0.05) is 19.8 Å². The van der Waals surface area contributed by atoms with Gasteiger partial charge >= 0.3 is 0 Å². The van der Waals surface area contributed by atoms with Crippen molar-refractivity contribution in [1.82, 2.24) is 0 Å². The summed E-state index contributed by atoms with van der Waals surface area (Å²) in [6.07, 6.45) is 5.42. The molecule has 1 atom stereocenters. The molecule has 1 aliphatic rings. The first-order valence-electron chi connectivity index (χ1n) is 4.46. The van der Waals surface area contributed by atoms with Gasteiger partial charge in [0, 0.05) is 12.1 Å². The standard InChI is InChI=1S/C9H17OP/c1-7-2-4-8(5-3-7)9(10)6-11/h7-8H,2-6,11H2,1H3. The van der Waals surface area contributed by atoms with Crippen LogP contribution in [0.4, 0.5) is 0 Å². The van der Waals surface area contributed by atoms with Gasteiger partial charge in [0.2, 0.25) is 0 Å². The fourth-order valence-electron chi connectivity index (χ4n) is 1.75. The minimum absolute atomic E-state index is 0.392. The van der Waals surface area contributed by atoms with E-state index in [-0.39, 0.29) is 0 Å². The van der Waals surface area contributed by atoms with Crippen LogP contribution in [0.5, 0.6) is 0 Å². The van der Waals surface area contributed by atoms with E-state index in [0.29, 0.717) is 17.9 Å². The molecule has 11 heavy (non-hydrogen) atoms. The second-order valence-corrected chi connectivity index (χ2v) is 4.04. The minimum atomic E-state index is 0.392. The lowest BCUT2D eigenvalue weighted by Crippen LogP contribution is -2.21. The van der Waals surface area contributed by atoms with Crippen LogP contribution in [-0.4, -0.2) is 11.9 Å². The molecule has 0 radical (unpaired) electrons. The SMILES string of the molecule is CC1CCC(C(=O)CP)CC1. The summed E-state index contributed by atoms with van der Waals surface area (Å²) in [4.78, 5) is 11.3. The Hall–Kier alpha value is 0.100. The number of carbonyl (C=O) groups excluding carboxylic acids is 1. The molecule has 2 heteroatoms. The molecule has 0 heterocycles. The molecular formula is C9H17OP.